The fourth-order valence-corrected chi connectivity index (χ4v) is 2.25. The van der Waals surface area contributed by atoms with Gasteiger partial charge >= 0.3 is 5.97 Å². The number of methoxy groups -OCH3 is 1. The number of pyridine rings is 1. The first-order valence-electron chi connectivity index (χ1n) is 7.53. The molecular weight excluding hydrogens is 327 g/mol. The van der Waals surface area contributed by atoms with Gasteiger partial charge in [0.1, 0.15) is 22.9 Å². The number of halogens is 1. The smallest absolute Gasteiger partial charge is 0.360 e. The lowest BCUT2D eigenvalue weighted by atomic mass is 10.3. The van der Waals surface area contributed by atoms with Gasteiger partial charge in [-0.05, 0) is 31.2 Å². The fraction of sp³-hybridized carbons (Fsp3) is 0.176. The maximum absolute atomic E-state index is 13.6. The molecule has 3 aromatic rings. The summed E-state index contributed by atoms with van der Waals surface area (Å²) in [6, 6.07) is 9.70. The van der Waals surface area contributed by atoms with Gasteiger partial charge in [-0.15, -0.1) is 10.2 Å². The van der Waals surface area contributed by atoms with Crippen molar-refractivity contribution in [1.82, 2.24) is 9.38 Å². The lowest BCUT2D eigenvalue weighted by molar-refractivity contribution is 0.0521. The SMILES string of the molecule is CCOC(=O)c1nc2ccc(F)cn2c1N=Nc1ccccc1OC. The van der Waals surface area contributed by atoms with Crippen LogP contribution in [0.1, 0.15) is 17.4 Å². The summed E-state index contributed by atoms with van der Waals surface area (Å²) >= 11 is 0. The molecule has 0 fully saturated rings. The Morgan fingerprint density at radius 1 is 1.24 bits per heavy atom. The van der Waals surface area contributed by atoms with E-state index in [-0.39, 0.29) is 18.1 Å². The van der Waals surface area contributed by atoms with E-state index in [0.29, 0.717) is 17.1 Å². The summed E-state index contributed by atoms with van der Waals surface area (Å²) in [6.07, 6.45) is 1.18. The van der Waals surface area contributed by atoms with Gasteiger partial charge in [0.25, 0.3) is 0 Å². The minimum absolute atomic E-state index is 0.0360. The summed E-state index contributed by atoms with van der Waals surface area (Å²) in [4.78, 5) is 16.3. The van der Waals surface area contributed by atoms with Gasteiger partial charge in [0.2, 0.25) is 0 Å². The summed E-state index contributed by atoms with van der Waals surface area (Å²) in [5, 5.41) is 8.21. The molecule has 0 unspecified atom stereocenters. The van der Waals surface area contributed by atoms with Gasteiger partial charge in [-0.1, -0.05) is 12.1 Å². The van der Waals surface area contributed by atoms with Gasteiger partial charge in [0.15, 0.2) is 11.5 Å². The maximum atomic E-state index is 13.6. The first-order chi connectivity index (χ1) is 12.1. The topological polar surface area (TPSA) is 77.5 Å². The Kier molecular flexibility index (Phi) is 4.69. The summed E-state index contributed by atoms with van der Waals surface area (Å²) in [7, 11) is 1.52. The van der Waals surface area contributed by atoms with Crippen molar-refractivity contribution in [2.45, 2.75) is 6.92 Å². The summed E-state index contributed by atoms with van der Waals surface area (Å²) in [5.41, 5.74) is 0.788. The van der Waals surface area contributed by atoms with Crippen LogP contribution in [0.3, 0.4) is 0 Å². The largest absolute Gasteiger partial charge is 0.494 e. The number of esters is 1. The van der Waals surface area contributed by atoms with Gasteiger partial charge < -0.3 is 9.47 Å². The van der Waals surface area contributed by atoms with Crippen LogP contribution in [0.2, 0.25) is 0 Å². The highest BCUT2D eigenvalue weighted by atomic mass is 19.1. The van der Waals surface area contributed by atoms with E-state index in [2.05, 4.69) is 15.2 Å². The number of benzene rings is 1. The predicted molar refractivity (Wildman–Crippen MR) is 88.3 cm³/mol. The van der Waals surface area contributed by atoms with Gasteiger partial charge in [-0.25, -0.2) is 14.2 Å². The molecule has 0 atom stereocenters. The number of ether oxygens (including phenoxy) is 2. The number of hydrogen-bond acceptors (Lipinski definition) is 6. The van der Waals surface area contributed by atoms with Crippen LogP contribution < -0.4 is 4.74 Å². The number of hydrogen-bond donors (Lipinski definition) is 0. The Morgan fingerprint density at radius 2 is 2.04 bits per heavy atom. The summed E-state index contributed by atoms with van der Waals surface area (Å²) < 4.78 is 25.1. The molecule has 128 valence electrons. The van der Waals surface area contributed by atoms with Crippen molar-refractivity contribution in [3.63, 3.8) is 0 Å². The highest BCUT2D eigenvalue weighted by molar-refractivity contribution is 5.93. The highest BCUT2D eigenvalue weighted by Gasteiger charge is 2.20. The Hall–Kier alpha value is -3.29. The third kappa shape index (κ3) is 3.32. The minimum Gasteiger partial charge on any atom is -0.494 e. The van der Waals surface area contributed by atoms with Crippen molar-refractivity contribution in [2.75, 3.05) is 13.7 Å². The standard InChI is InChI=1S/C17H15FN4O3/c1-3-25-17(23)15-16(22-10-11(18)8-9-14(22)19-15)21-20-12-6-4-5-7-13(12)24-2/h4-10H,3H2,1-2H3. The lowest BCUT2D eigenvalue weighted by Gasteiger charge is -2.02. The molecule has 8 heteroatoms. The molecule has 0 saturated carbocycles. The molecule has 0 spiro atoms. The van der Waals surface area contributed by atoms with E-state index in [1.54, 1.807) is 31.2 Å². The minimum atomic E-state index is -0.652. The molecule has 0 aliphatic rings. The van der Waals surface area contributed by atoms with E-state index < -0.39 is 11.8 Å². The quantitative estimate of drug-likeness (QED) is 0.517. The van der Waals surface area contributed by atoms with Crippen LogP contribution in [0, 0.1) is 5.82 Å². The van der Waals surface area contributed by atoms with Crippen LogP contribution in [0.4, 0.5) is 15.9 Å². The molecule has 0 radical (unpaired) electrons. The molecule has 0 aliphatic carbocycles. The van der Waals surface area contributed by atoms with E-state index in [1.165, 1.54) is 29.8 Å². The van der Waals surface area contributed by atoms with Crippen molar-refractivity contribution in [2.24, 2.45) is 10.2 Å². The van der Waals surface area contributed by atoms with Crippen LogP contribution >= 0.6 is 0 Å². The van der Waals surface area contributed by atoms with Gasteiger partial charge in [0.05, 0.1) is 13.7 Å². The van der Waals surface area contributed by atoms with Gasteiger partial charge in [-0.3, -0.25) is 4.40 Å². The van der Waals surface area contributed by atoms with Crippen molar-refractivity contribution in [1.29, 1.82) is 0 Å². The van der Waals surface area contributed by atoms with Gasteiger partial charge in [-0.2, -0.15) is 0 Å². The Labute approximate surface area is 142 Å². The molecular formula is C17H15FN4O3. The van der Waals surface area contributed by atoms with E-state index in [1.807, 2.05) is 0 Å². The Balaban J connectivity index is 2.12. The number of aromatic nitrogens is 2. The Bertz CT molecular complexity index is 952. The molecule has 0 aliphatic heterocycles. The van der Waals surface area contributed by atoms with E-state index in [4.69, 9.17) is 9.47 Å². The van der Waals surface area contributed by atoms with Crippen LogP contribution in [0.25, 0.3) is 5.65 Å². The number of carbonyl (C=O) groups excluding carboxylic acids is 1. The highest BCUT2D eigenvalue weighted by Crippen LogP contribution is 2.30. The molecule has 3 rings (SSSR count). The van der Waals surface area contributed by atoms with Crippen molar-refractivity contribution in [3.05, 3.63) is 54.1 Å². The van der Waals surface area contributed by atoms with E-state index >= 15 is 0 Å². The second-order valence-electron chi connectivity index (χ2n) is 4.95. The van der Waals surface area contributed by atoms with Crippen molar-refractivity contribution in [3.8, 4) is 5.75 Å². The lowest BCUT2D eigenvalue weighted by Crippen LogP contribution is -2.05. The second-order valence-corrected chi connectivity index (χ2v) is 4.95. The van der Waals surface area contributed by atoms with Crippen LogP contribution in [-0.2, 0) is 4.74 Å². The number of nitrogens with zero attached hydrogens (tertiary/aromatic N) is 4. The van der Waals surface area contributed by atoms with Crippen LogP contribution in [0.15, 0.2) is 52.8 Å². The van der Waals surface area contributed by atoms with Crippen LogP contribution in [0.5, 0.6) is 5.75 Å². The monoisotopic (exact) mass is 342 g/mol. The number of fused-ring (bicyclic) bond motifs is 1. The predicted octanol–water partition coefficient (Wildman–Crippen LogP) is 4.07. The van der Waals surface area contributed by atoms with Crippen molar-refractivity contribution >= 4 is 23.1 Å². The molecule has 2 aromatic heterocycles. The number of para-hydroxylation sites is 1. The molecule has 0 bridgehead atoms. The summed E-state index contributed by atoms with van der Waals surface area (Å²) in [6.45, 7) is 1.87. The third-order valence-corrected chi connectivity index (χ3v) is 3.36. The fourth-order valence-electron chi connectivity index (χ4n) is 2.25. The maximum Gasteiger partial charge on any atom is 0.360 e. The molecule has 2 heterocycles. The van der Waals surface area contributed by atoms with Crippen LogP contribution in [-0.4, -0.2) is 29.1 Å². The molecule has 7 nitrogen and oxygen atoms in total. The molecule has 0 saturated heterocycles. The van der Waals surface area contributed by atoms with E-state index in [9.17, 15) is 9.18 Å². The zero-order chi connectivity index (χ0) is 17.8. The number of carbonyl (C=O) groups is 1. The van der Waals surface area contributed by atoms with E-state index in [0.717, 1.165) is 0 Å². The third-order valence-electron chi connectivity index (χ3n) is 3.36. The molecule has 1 aromatic carbocycles. The first kappa shape index (κ1) is 16.6. The Morgan fingerprint density at radius 3 is 2.80 bits per heavy atom. The average Bonchev–Trinajstić information content (AvgIpc) is 2.98. The average molecular weight is 342 g/mol. The number of imidazole rings is 1. The van der Waals surface area contributed by atoms with Gasteiger partial charge in [0, 0.05) is 6.20 Å². The number of azo groups is 1. The summed E-state index contributed by atoms with van der Waals surface area (Å²) in [5.74, 6) is -0.544. The molecule has 0 N–H and O–H groups in total. The normalized spacial score (nSPS) is 11.2. The first-order valence-corrected chi connectivity index (χ1v) is 7.53. The zero-order valence-electron chi connectivity index (χ0n) is 13.6. The zero-order valence-corrected chi connectivity index (χ0v) is 13.6. The second kappa shape index (κ2) is 7.08. The number of rotatable bonds is 5. The van der Waals surface area contributed by atoms with Crippen molar-refractivity contribution < 1.29 is 18.7 Å². The molecule has 0 amide bonds. The molecule has 25 heavy (non-hydrogen) atoms.